The fraction of sp³-hybridized carbons (Fsp3) is 0.731. The molecule has 4 rings (SSSR count). The number of rotatable bonds is 7. The van der Waals surface area contributed by atoms with E-state index in [1.807, 2.05) is 11.3 Å². The second-order valence-electron chi connectivity index (χ2n) is 10.2. The van der Waals surface area contributed by atoms with Crippen molar-refractivity contribution in [1.29, 1.82) is 0 Å². The van der Waals surface area contributed by atoms with Crippen LogP contribution >= 0.6 is 11.3 Å². The summed E-state index contributed by atoms with van der Waals surface area (Å²) in [5, 5.41) is 1.30. The zero-order chi connectivity index (χ0) is 22.8. The lowest BCUT2D eigenvalue weighted by atomic mass is 9.89. The van der Waals surface area contributed by atoms with E-state index in [9.17, 15) is 4.79 Å². The Balaban J connectivity index is 1.58. The highest BCUT2D eigenvalue weighted by atomic mass is 32.1. The minimum atomic E-state index is 0.186. The lowest BCUT2D eigenvalue weighted by molar-refractivity contribution is -0.136. The summed E-state index contributed by atoms with van der Waals surface area (Å²) in [5.41, 5.74) is 1.50. The topological polar surface area (TPSA) is 49.3 Å². The Morgan fingerprint density at radius 2 is 1.91 bits per heavy atom. The number of carbonyl (C=O) groups excluding carboxylic acids is 1. The number of aromatic nitrogens is 2. The average Bonchev–Trinajstić information content (AvgIpc) is 3.16. The first-order valence-corrected chi connectivity index (χ1v) is 13.6. The Morgan fingerprint density at radius 3 is 2.56 bits per heavy atom. The molecule has 1 fully saturated rings. The predicted molar refractivity (Wildman–Crippen MR) is 135 cm³/mol. The van der Waals surface area contributed by atoms with E-state index in [4.69, 9.17) is 9.97 Å². The second kappa shape index (κ2) is 10.1. The molecule has 0 saturated carbocycles. The molecule has 0 aromatic carbocycles. The standard InChI is InChI=1S/C26H40N4OS/c1-6-8-9-19(7-2)26(31)30-14-12-29(13-15-30)24-22-20-11-10-18(5)16-21(20)32-25(22)28-23(27-24)17(3)4/h17-19H,6-16H2,1-5H3/t18-,19-/m0/s1. The number of hydrogen-bond donors (Lipinski definition) is 0. The summed E-state index contributed by atoms with van der Waals surface area (Å²) in [6, 6.07) is 0. The minimum absolute atomic E-state index is 0.186. The van der Waals surface area contributed by atoms with Crippen LogP contribution in [0.3, 0.4) is 0 Å². The van der Waals surface area contributed by atoms with Gasteiger partial charge in [0, 0.05) is 42.9 Å². The number of piperazine rings is 1. The van der Waals surface area contributed by atoms with E-state index in [0.29, 0.717) is 11.8 Å². The molecule has 2 aliphatic rings. The van der Waals surface area contributed by atoms with Gasteiger partial charge in [0.1, 0.15) is 16.5 Å². The number of carbonyl (C=O) groups is 1. The van der Waals surface area contributed by atoms with E-state index < -0.39 is 0 Å². The molecular weight excluding hydrogens is 416 g/mol. The van der Waals surface area contributed by atoms with E-state index >= 15 is 0 Å². The van der Waals surface area contributed by atoms with E-state index in [-0.39, 0.29) is 5.92 Å². The van der Waals surface area contributed by atoms with Gasteiger partial charge < -0.3 is 9.80 Å². The van der Waals surface area contributed by atoms with Gasteiger partial charge in [0.2, 0.25) is 5.91 Å². The maximum atomic E-state index is 13.1. The van der Waals surface area contributed by atoms with Crippen molar-refractivity contribution in [2.75, 3.05) is 31.1 Å². The molecule has 3 heterocycles. The van der Waals surface area contributed by atoms with Crippen molar-refractivity contribution in [3.63, 3.8) is 0 Å². The summed E-state index contributed by atoms with van der Waals surface area (Å²) in [6.07, 6.45) is 7.83. The van der Waals surface area contributed by atoms with Crippen LogP contribution in [0.4, 0.5) is 5.82 Å². The molecule has 1 saturated heterocycles. The highest BCUT2D eigenvalue weighted by molar-refractivity contribution is 7.19. The van der Waals surface area contributed by atoms with Gasteiger partial charge in [-0.1, -0.05) is 47.5 Å². The van der Waals surface area contributed by atoms with Gasteiger partial charge in [-0.05, 0) is 43.6 Å². The van der Waals surface area contributed by atoms with Gasteiger partial charge in [-0.3, -0.25) is 4.79 Å². The average molecular weight is 457 g/mol. The third kappa shape index (κ3) is 4.66. The SMILES string of the molecule is CCCC[C@H](CC)C(=O)N1CCN(c2nc(C(C)C)nc3sc4c(c23)CC[C@H](C)C4)CC1. The van der Waals surface area contributed by atoms with E-state index in [2.05, 4.69) is 44.4 Å². The van der Waals surface area contributed by atoms with Crippen LogP contribution in [0.25, 0.3) is 10.2 Å². The molecule has 0 spiro atoms. The molecule has 0 N–H and O–H groups in total. The fourth-order valence-corrected chi connectivity index (χ4v) is 6.56. The van der Waals surface area contributed by atoms with Crippen LogP contribution in [0.15, 0.2) is 0 Å². The molecule has 176 valence electrons. The lowest BCUT2D eigenvalue weighted by Gasteiger charge is -2.37. The molecule has 5 nitrogen and oxygen atoms in total. The summed E-state index contributed by atoms with van der Waals surface area (Å²) in [4.78, 5) is 30.4. The van der Waals surface area contributed by atoms with Crippen LogP contribution in [0.5, 0.6) is 0 Å². The van der Waals surface area contributed by atoms with Gasteiger partial charge in [-0.2, -0.15) is 0 Å². The van der Waals surface area contributed by atoms with Crippen LogP contribution in [-0.4, -0.2) is 47.0 Å². The van der Waals surface area contributed by atoms with Crippen LogP contribution < -0.4 is 4.90 Å². The predicted octanol–water partition coefficient (Wildman–Crippen LogP) is 5.80. The Kier molecular flexibility index (Phi) is 7.38. The van der Waals surface area contributed by atoms with Crippen molar-refractivity contribution in [3.8, 4) is 0 Å². The number of unbranched alkanes of at least 4 members (excludes halogenated alkanes) is 1. The number of fused-ring (bicyclic) bond motifs is 3. The Morgan fingerprint density at radius 1 is 1.16 bits per heavy atom. The maximum Gasteiger partial charge on any atom is 0.225 e. The summed E-state index contributed by atoms with van der Waals surface area (Å²) >= 11 is 1.89. The smallest absolute Gasteiger partial charge is 0.225 e. The third-order valence-electron chi connectivity index (χ3n) is 7.31. The quantitative estimate of drug-likeness (QED) is 0.528. The number of hydrogen-bond acceptors (Lipinski definition) is 5. The second-order valence-corrected chi connectivity index (χ2v) is 11.2. The summed E-state index contributed by atoms with van der Waals surface area (Å²) < 4.78 is 0. The van der Waals surface area contributed by atoms with E-state index in [1.54, 1.807) is 0 Å². The van der Waals surface area contributed by atoms with Gasteiger partial charge in [0.15, 0.2) is 0 Å². The first-order valence-electron chi connectivity index (χ1n) is 12.8. The molecule has 0 bridgehead atoms. The normalized spacial score (nSPS) is 20.1. The summed E-state index contributed by atoms with van der Waals surface area (Å²) in [6.45, 7) is 14.4. The maximum absolute atomic E-state index is 13.1. The monoisotopic (exact) mass is 456 g/mol. The molecular formula is C26H40N4OS. The third-order valence-corrected chi connectivity index (χ3v) is 8.46. The molecule has 2 aromatic rings. The van der Waals surface area contributed by atoms with Crippen molar-refractivity contribution in [2.24, 2.45) is 11.8 Å². The molecule has 6 heteroatoms. The molecule has 1 aliphatic heterocycles. The highest BCUT2D eigenvalue weighted by Gasteiger charge is 2.30. The van der Waals surface area contributed by atoms with Crippen LogP contribution in [0.2, 0.25) is 0 Å². The molecule has 0 radical (unpaired) electrons. The number of aryl methyl sites for hydroxylation is 1. The number of amides is 1. The van der Waals surface area contributed by atoms with Crippen LogP contribution in [-0.2, 0) is 17.6 Å². The molecule has 1 aliphatic carbocycles. The number of thiophene rings is 1. The van der Waals surface area contributed by atoms with Gasteiger partial charge in [0.05, 0.1) is 5.39 Å². The fourth-order valence-electron chi connectivity index (χ4n) is 5.18. The number of anilines is 1. The van der Waals surface area contributed by atoms with Crippen LogP contribution in [0.1, 0.15) is 88.9 Å². The van der Waals surface area contributed by atoms with Crippen molar-refractivity contribution >= 4 is 33.3 Å². The van der Waals surface area contributed by atoms with E-state index in [1.165, 1.54) is 33.5 Å². The van der Waals surface area contributed by atoms with Crippen molar-refractivity contribution in [1.82, 2.24) is 14.9 Å². The molecule has 2 atom stereocenters. The van der Waals surface area contributed by atoms with Crippen molar-refractivity contribution < 1.29 is 4.79 Å². The van der Waals surface area contributed by atoms with Gasteiger partial charge in [-0.25, -0.2) is 9.97 Å². The zero-order valence-electron chi connectivity index (χ0n) is 20.6. The molecule has 32 heavy (non-hydrogen) atoms. The molecule has 0 unspecified atom stereocenters. The van der Waals surface area contributed by atoms with Crippen molar-refractivity contribution in [3.05, 3.63) is 16.3 Å². The lowest BCUT2D eigenvalue weighted by Crippen LogP contribution is -2.50. The van der Waals surface area contributed by atoms with E-state index in [0.717, 1.165) is 75.8 Å². The van der Waals surface area contributed by atoms with Gasteiger partial charge in [-0.15, -0.1) is 11.3 Å². The Bertz CT molecular complexity index is 945. The number of nitrogens with zero attached hydrogens (tertiary/aromatic N) is 4. The molecule has 1 amide bonds. The zero-order valence-corrected chi connectivity index (χ0v) is 21.4. The summed E-state index contributed by atoms with van der Waals surface area (Å²) in [5.74, 6) is 3.68. The van der Waals surface area contributed by atoms with Gasteiger partial charge >= 0.3 is 0 Å². The molecule has 2 aromatic heterocycles. The Labute approximate surface area is 197 Å². The first kappa shape index (κ1) is 23.5. The van der Waals surface area contributed by atoms with Gasteiger partial charge in [0.25, 0.3) is 0 Å². The summed E-state index contributed by atoms with van der Waals surface area (Å²) in [7, 11) is 0. The highest BCUT2D eigenvalue weighted by Crippen LogP contribution is 2.41. The van der Waals surface area contributed by atoms with Crippen molar-refractivity contribution in [2.45, 2.75) is 85.5 Å². The Hall–Kier alpha value is -1.69. The van der Waals surface area contributed by atoms with Crippen LogP contribution in [0, 0.1) is 11.8 Å². The minimum Gasteiger partial charge on any atom is -0.352 e. The first-order chi connectivity index (χ1) is 15.4. The largest absolute Gasteiger partial charge is 0.352 e.